The second-order valence-corrected chi connectivity index (χ2v) is 3.21. The molecule has 0 aliphatic carbocycles. The summed E-state index contributed by atoms with van der Waals surface area (Å²) in [5.74, 6) is -0.208. The van der Waals surface area contributed by atoms with Gasteiger partial charge in [0.1, 0.15) is 0 Å². The van der Waals surface area contributed by atoms with Gasteiger partial charge in [-0.3, -0.25) is 4.55 Å². The highest BCUT2D eigenvalue weighted by Crippen LogP contribution is 1.77. The first-order chi connectivity index (χ1) is 4.06. The predicted octanol–water partition coefficient (Wildman–Crippen LogP) is -0.516. The Bertz CT molecular complexity index is 151. The van der Waals surface area contributed by atoms with Gasteiger partial charge in [-0.05, 0) is 6.54 Å². The van der Waals surface area contributed by atoms with Crippen molar-refractivity contribution in [3.05, 3.63) is 0 Å². The van der Waals surface area contributed by atoms with Crippen molar-refractivity contribution in [1.82, 2.24) is 5.32 Å². The van der Waals surface area contributed by atoms with Crippen molar-refractivity contribution >= 4 is 10.1 Å². The fourth-order valence-electron chi connectivity index (χ4n) is 0.378. The Morgan fingerprint density at radius 3 is 2.44 bits per heavy atom. The summed E-state index contributed by atoms with van der Waals surface area (Å²) in [6.45, 7) is 2.90. The predicted molar refractivity (Wildman–Crippen MR) is 35.0 cm³/mol. The Balaban J connectivity index is 3.30. The van der Waals surface area contributed by atoms with Gasteiger partial charge < -0.3 is 5.32 Å². The molecular weight excluding hydrogens is 142 g/mol. The van der Waals surface area contributed by atoms with Gasteiger partial charge in [-0.2, -0.15) is 8.42 Å². The van der Waals surface area contributed by atoms with E-state index >= 15 is 0 Å². The fraction of sp³-hybridized carbons (Fsp3) is 1.00. The normalized spacial score (nSPS) is 11.8. The molecule has 0 radical (unpaired) electrons. The molecule has 0 heterocycles. The van der Waals surface area contributed by atoms with Crippen LogP contribution in [-0.2, 0) is 10.1 Å². The highest BCUT2D eigenvalue weighted by Gasteiger charge is 2.00. The van der Waals surface area contributed by atoms with Crippen LogP contribution in [0.3, 0.4) is 0 Å². The molecule has 5 heteroatoms. The molecule has 0 saturated heterocycles. The topological polar surface area (TPSA) is 66.4 Å². The molecule has 0 saturated carbocycles. The largest absolute Gasteiger partial charge is 0.316 e. The van der Waals surface area contributed by atoms with Crippen molar-refractivity contribution in [3.8, 4) is 0 Å². The molecule has 4 nitrogen and oxygen atoms in total. The van der Waals surface area contributed by atoms with Crippen LogP contribution in [0.2, 0.25) is 0 Å². The lowest BCUT2D eigenvalue weighted by atomic mass is 10.7. The van der Waals surface area contributed by atoms with Gasteiger partial charge >= 0.3 is 0 Å². The van der Waals surface area contributed by atoms with Crippen LogP contribution in [0.25, 0.3) is 0 Å². The van der Waals surface area contributed by atoms with Crippen molar-refractivity contribution < 1.29 is 13.0 Å². The van der Waals surface area contributed by atoms with E-state index in [9.17, 15) is 8.42 Å². The maximum atomic E-state index is 10.0. The lowest BCUT2D eigenvalue weighted by Crippen LogP contribution is -2.21. The molecule has 0 spiro atoms. The summed E-state index contributed by atoms with van der Waals surface area (Å²) in [5.41, 5.74) is 0. The Morgan fingerprint density at radius 1 is 1.56 bits per heavy atom. The van der Waals surface area contributed by atoms with Crippen molar-refractivity contribution in [1.29, 1.82) is 0 Å². The van der Waals surface area contributed by atoms with E-state index in [-0.39, 0.29) is 5.75 Å². The van der Waals surface area contributed by atoms with E-state index in [1.807, 2.05) is 6.92 Å². The molecule has 0 fully saturated rings. The summed E-state index contributed by atoms with van der Waals surface area (Å²) in [6, 6.07) is 0. The zero-order chi connectivity index (χ0) is 7.33. The average Bonchev–Trinajstić information content (AvgIpc) is 1.63. The molecule has 0 aromatic rings. The monoisotopic (exact) mass is 153 g/mol. The number of nitrogens with one attached hydrogen (secondary N) is 1. The van der Waals surface area contributed by atoms with Crippen molar-refractivity contribution in [2.24, 2.45) is 0 Å². The van der Waals surface area contributed by atoms with Crippen LogP contribution in [0.4, 0.5) is 0 Å². The van der Waals surface area contributed by atoms with Crippen LogP contribution in [0.15, 0.2) is 0 Å². The Labute approximate surface area is 55.0 Å². The molecule has 0 aromatic carbocycles. The minimum atomic E-state index is -3.76. The average molecular weight is 153 g/mol. The first kappa shape index (κ1) is 8.87. The van der Waals surface area contributed by atoms with Crippen molar-refractivity contribution in [2.75, 3.05) is 18.8 Å². The maximum Gasteiger partial charge on any atom is 0.266 e. The summed E-state index contributed by atoms with van der Waals surface area (Å²) in [6.07, 6.45) is 0. The van der Waals surface area contributed by atoms with Gasteiger partial charge in [0.05, 0.1) is 5.75 Å². The first-order valence-electron chi connectivity index (χ1n) is 2.72. The highest BCUT2D eigenvalue weighted by atomic mass is 32.2. The van der Waals surface area contributed by atoms with Gasteiger partial charge in [-0.1, -0.05) is 6.92 Å². The molecule has 0 bridgehead atoms. The molecule has 0 aliphatic heterocycles. The van der Waals surface area contributed by atoms with E-state index in [1.165, 1.54) is 0 Å². The number of hydrogen-bond donors (Lipinski definition) is 2. The van der Waals surface area contributed by atoms with Crippen LogP contribution >= 0.6 is 0 Å². The molecule has 0 aromatic heterocycles. The zero-order valence-corrected chi connectivity index (χ0v) is 6.11. The van der Waals surface area contributed by atoms with E-state index in [4.69, 9.17) is 4.55 Å². The third-order valence-corrected chi connectivity index (χ3v) is 1.51. The molecule has 0 amide bonds. The second-order valence-electron chi connectivity index (χ2n) is 1.64. The molecule has 0 unspecified atom stereocenters. The van der Waals surface area contributed by atoms with Gasteiger partial charge in [-0.25, -0.2) is 0 Å². The third-order valence-electron chi connectivity index (χ3n) is 0.787. The second kappa shape index (κ2) is 3.81. The third kappa shape index (κ3) is 7.87. The van der Waals surface area contributed by atoms with Crippen molar-refractivity contribution in [2.45, 2.75) is 6.92 Å². The highest BCUT2D eigenvalue weighted by molar-refractivity contribution is 7.85. The van der Waals surface area contributed by atoms with Gasteiger partial charge in [0, 0.05) is 6.54 Å². The molecular formula is C4H11NO3S. The van der Waals surface area contributed by atoms with Gasteiger partial charge in [0.2, 0.25) is 0 Å². The lowest BCUT2D eigenvalue weighted by Gasteiger charge is -1.96. The summed E-state index contributed by atoms with van der Waals surface area (Å²) >= 11 is 0. The van der Waals surface area contributed by atoms with Gasteiger partial charge in [-0.15, -0.1) is 0 Å². The lowest BCUT2D eigenvalue weighted by molar-refractivity contribution is 0.481. The van der Waals surface area contributed by atoms with E-state index in [2.05, 4.69) is 5.32 Å². The van der Waals surface area contributed by atoms with Crippen LogP contribution in [0.1, 0.15) is 6.92 Å². The van der Waals surface area contributed by atoms with Crippen LogP contribution in [0.5, 0.6) is 0 Å². The molecule has 2 N–H and O–H groups in total. The van der Waals surface area contributed by atoms with Gasteiger partial charge in [0.15, 0.2) is 0 Å². The zero-order valence-electron chi connectivity index (χ0n) is 5.29. The Morgan fingerprint density at radius 2 is 2.11 bits per heavy atom. The maximum absolute atomic E-state index is 10.0. The van der Waals surface area contributed by atoms with Crippen LogP contribution in [0, 0.1) is 0 Å². The molecule has 9 heavy (non-hydrogen) atoms. The molecule has 0 atom stereocenters. The van der Waals surface area contributed by atoms with E-state index in [0.717, 1.165) is 6.54 Å². The quantitative estimate of drug-likeness (QED) is 0.421. The summed E-state index contributed by atoms with van der Waals surface area (Å²) in [5, 5.41) is 2.77. The Kier molecular flexibility index (Phi) is 3.76. The first-order valence-corrected chi connectivity index (χ1v) is 4.33. The van der Waals surface area contributed by atoms with Crippen molar-refractivity contribution in [3.63, 3.8) is 0 Å². The summed E-state index contributed by atoms with van der Waals surface area (Å²) in [4.78, 5) is 0. The minimum Gasteiger partial charge on any atom is -0.316 e. The molecule has 56 valence electrons. The standard InChI is InChI=1S/C4H11NO3S/c1-2-5-3-4-9(6,7)8/h5H,2-4H2,1H3,(H,6,7,8). The number of hydrogen-bond acceptors (Lipinski definition) is 3. The Hall–Kier alpha value is -0.130. The van der Waals surface area contributed by atoms with E-state index in [0.29, 0.717) is 6.54 Å². The smallest absolute Gasteiger partial charge is 0.266 e. The summed E-state index contributed by atoms with van der Waals surface area (Å²) < 4.78 is 28.2. The van der Waals surface area contributed by atoms with E-state index in [1.54, 1.807) is 0 Å². The molecule has 0 aliphatic rings. The van der Waals surface area contributed by atoms with Crippen LogP contribution < -0.4 is 5.32 Å². The fourth-order valence-corrected chi connectivity index (χ4v) is 0.780. The van der Waals surface area contributed by atoms with Crippen LogP contribution in [-0.4, -0.2) is 31.8 Å². The van der Waals surface area contributed by atoms with E-state index < -0.39 is 10.1 Å². The molecule has 0 rings (SSSR count). The summed E-state index contributed by atoms with van der Waals surface area (Å²) in [7, 11) is -3.76. The number of rotatable bonds is 4. The minimum absolute atomic E-state index is 0.208. The van der Waals surface area contributed by atoms with Gasteiger partial charge in [0.25, 0.3) is 10.1 Å². The SMILES string of the molecule is CCNCCS(=O)(=O)O.